The highest BCUT2D eigenvalue weighted by atomic mass is 16.7. The van der Waals surface area contributed by atoms with E-state index in [0.717, 1.165) is 0 Å². The van der Waals surface area contributed by atoms with Crippen molar-refractivity contribution in [1.29, 1.82) is 0 Å². The average Bonchev–Trinajstić information content (AvgIpc) is 2.78. The Morgan fingerprint density at radius 3 is 1.87 bits per heavy atom. The molecule has 1 aromatic rings. The molecule has 2 fully saturated rings. The maximum atomic E-state index is 10.1. The lowest BCUT2D eigenvalue weighted by atomic mass is 9.92. The summed E-state index contributed by atoms with van der Waals surface area (Å²) < 4.78 is 22.0. The Balaban J connectivity index is 1.56. The third kappa shape index (κ3) is 5.34. The lowest BCUT2D eigenvalue weighted by Gasteiger charge is -2.40. The minimum Gasteiger partial charge on any atom is -0.465 e. The maximum absolute atomic E-state index is 10.1. The number of hydrogen-bond donors (Lipinski definition) is 7. The number of benzene rings is 1. The topological polar surface area (TPSA) is 179 Å². The molecule has 3 rings (SSSR count). The van der Waals surface area contributed by atoms with Crippen LogP contribution in [0.1, 0.15) is 12.5 Å². The number of rotatable bonds is 7. The van der Waals surface area contributed by atoms with E-state index in [0.29, 0.717) is 11.3 Å². The first-order valence-electron chi connectivity index (χ1n) is 10.1. The van der Waals surface area contributed by atoms with Gasteiger partial charge in [0.05, 0.1) is 25.9 Å². The van der Waals surface area contributed by atoms with E-state index in [1.54, 1.807) is 31.2 Å². The Hall–Kier alpha value is -1.38. The molecule has 1 aromatic carbocycles. The number of ether oxygens (including phenoxy) is 4. The fraction of sp³-hybridized carbons (Fsp3) is 0.700. The zero-order valence-electron chi connectivity index (χ0n) is 17.0. The quantitative estimate of drug-likeness (QED) is 0.235. The summed E-state index contributed by atoms with van der Waals surface area (Å²) in [6, 6.07) is 6.63. The lowest BCUT2D eigenvalue weighted by Crippen LogP contribution is -2.59. The monoisotopic (exact) mass is 446 g/mol. The Labute approximate surface area is 179 Å². The van der Waals surface area contributed by atoms with Gasteiger partial charge >= 0.3 is 0 Å². The molecular weight excluding hydrogens is 416 g/mol. The molecule has 0 aliphatic carbocycles. The van der Waals surface area contributed by atoms with Gasteiger partial charge in [-0.05, 0) is 17.7 Å². The van der Waals surface area contributed by atoms with Gasteiger partial charge in [-0.1, -0.05) is 19.1 Å². The third-order valence-corrected chi connectivity index (χ3v) is 5.63. The molecule has 2 aliphatic heterocycles. The van der Waals surface area contributed by atoms with Gasteiger partial charge < -0.3 is 54.7 Å². The van der Waals surface area contributed by atoms with E-state index in [1.807, 2.05) is 0 Å². The molecule has 2 heterocycles. The minimum atomic E-state index is -1.51. The highest BCUT2D eigenvalue weighted by Crippen LogP contribution is 2.29. The van der Waals surface area contributed by atoms with Crippen LogP contribution < -0.4 is 4.74 Å². The number of aliphatic hydroxyl groups excluding tert-OH is 7. The molecule has 10 atom stereocenters. The first kappa shape index (κ1) is 24.3. The molecule has 0 bridgehead atoms. The summed E-state index contributed by atoms with van der Waals surface area (Å²) in [5.74, 6) is -0.110. The maximum Gasteiger partial charge on any atom is 0.205 e. The molecule has 0 spiro atoms. The van der Waals surface area contributed by atoms with E-state index < -0.39 is 74.4 Å². The van der Waals surface area contributed by atoms with Gasteiger partial charge in [0.2, 0.25) is 6.29 Å². The molecule has 2 saturated heterocycles. The van der Waals surface area contributed by atoms with Crippen molar-refractivity contribution in [3.8, 4) is 5.75 Å². The minimum absolute atomic E-state index is 0.0107. The Bertz CT molecular complexity index is 682. The smallest absolute Gasteiger partial charge is 0.205 e. The largest absolute Gasteiger partial charge is 0.465 e. The van der Waals surface area contributed by atoms with Crippen LogP contribution >= 0.6 is 0 Å². The van der Waals surface area contributed by atoms with Gasteiger partial charge in [-0.3, -0.25) is 0 Å². The summed E-state index contributed by atoms with van der Waals surface area (Å²) in [5.41, 5.74) is 0.686. The van der Waals surface area contributed by atoms with Gasteiger partial charge in [-0.15, -0.1) is 0 Å². The molecule has 11 heteroatoms. The summed E-state index contributed by atoms with van der Waals surface area (Å²) in [7, 11) is 0. The average molecular weight is 446 g/mol. The summed E-state index contributed by atoms with van der Waals surface area (Å²) in [6.45, 7) is 0.673. The zero-order valence-corrected chi connectivity index (χ0v) is 17.0. The number of aliphatic hydroxyl groups is 7. The normalized spacial score (nSPS) is 41.2. The predicted molar refractivity (Wildman–Crippen MR) is 103 cm³/mol. The SMILES string of the molecule is CC1[C@@H](Oc2ccc(CO[C@@H]3OC(CO)[C@@H](O)[C@H](O)C3O)cc2)OC(CO)[C@@H](O)[C@@H]1O. The predicted octanol–water partition coefficient (Wildman–Crippen LogP) is -2.54. The second-order valence-corrected chi connectivity index (χ2v) is 7.84. The molecule has 4 unspecified atom stereocenters. The second-order valence-electron chi connectivity index (χ2n) is 7.84. The molecule has 0 amide bonds. The molecule has 176 valence electrons. The van der Waals surface area contributed by atoms with Crippen LogP contribution in [0.4, 0.5) is 0 Å². The molecule has 0 saturated carbocycles. The van der Waals surface area contributed by atoms with Gasteiger partial charge in [0.1, 0.15) is 42.4 Å². The fourth-order valence-corrected chi connectivity index (χ4v) is 3.54. The van der Waals surface area contributed by atoms with Crippen molar-refractivity contribution in [2.75, 3.05) is 13.2 Å². The van der Waals surface area contributed by atoms with E-state index in [-0.39, 0.29) is 6.61 Å². The van der Waals surface area contributed by atoms with E-state index in [1.165, 1.54) is 0 Å². The van der Waals surface area contributed by atoms with Crippen LogP contribution in [0, 0.1) is 5.92 Å². The summed E-state index contributed by atoms with van der Waals surface area (Å²) in [5, 5.41) is 68.1. The second kappa shape index (κ2) is 10.5. The zero-order chi connectivity index (χ0) is 22.7. The van der Waals surface area contributed by atoms with Crippen molar-refractivity contribution in [2.24, 2.45) is 5.92 Å². The summed E-state index contributed by atoms with van der Waals surface area (Å²) >= 11 is 0. The molecule has 0 radical (unpaired) electrons. The van der Waals surface area contributed by atoms with Crippen molar-refractivity contribution in [3.63, 3.8) is 0 Å². The Kier molecular flexibility index (Phi) is 8.21. The first-order valence-corrected chi connectivity index (χ1v) is 10.1. The first-order chi connectivity index (χ1) is 14.8. The van der Waals surface area contributed by atoms with Crippen molar-refractivity contribution >= 4 is 0 Å². The summed E-state index contributed by atoms with van der Waals surface area (Å²) in [4.78, 5) is 0. The van der Waals surface area contributed by atoms with Crippen LogP contribution in [0.25, 0.3) is 0 Å². The van der Waals surface area contributed by atoms with Crippen molar-refractivity contribution in [2.45, 2.75) is 68.8 Å². The highest BCUT2D eigenvalue weighted by Gasteiger charge is 2.44. The fourth-order valence-electron chi connectivity index (χ4n) is 3.54. The van der Waals surface area contributed by atoms with E-state index >= 15 is 0 Å². The van der Waals surface area contributed by atoms with Crippen LogP contribution in [-0.2, 0) is 20.8 Å². The van der Waals surface area contributed by atoms with Crippen LogP contribution in [-0.4, -0.2) is 104 Å². The highest BCUT2D eigenvalue weighted by molar-refractivity contribution is 5.27. The molecule has 7 N–H and O–H groups in total. The Morgan fingerprint density at radius 2 is 1.29 bits per heavy atom. The van der Waals surface area contributed by atoms with E-state index in [9.17, 15) is 35.7 Å². The third-order valence-electron chi connectivity index (χ3n) is 5.63. The van der Waals surface area contributed by atoms with Gasteiger partial charge in [0.25, 0.3) is 0 Å². The standard InChI is InChI=1S/C20H30O11/c1-9-14(23)15(24)12(6-21)30-19(9)29-11-4-2-10(3-5-11)8-28-20-18(27)17(26)16(25)13(7-22)31-20/h2-5,9,12-27H,6-8H2,1H3/t9?,12?,13?,14-,15-,16-,17+,18?,19+,20-/m1/s1. The van der Waals surface area contributed by atoms with Gasteiger partial charge in [0.15, 0.2) is 6.29 Å². The molecule has 0 aromatic heterocycles. The molecular formula is C20H30O11. The Morgan fingerprint density at radius 1 is 0.742 bits per heavy atom. The van der Waals surface area contributed by atoms with Gasteiger partial charge in [0, 0.05) is 5.92 Å². The van der Waals surface area contributed by atoms with Gasteiger partial charge in [-0.25, -0.2) is 0 Å². The van der Waals surface area contributed by atoms with E-state index in [4.69, 9.17) is 18.9 Å². The number of hydrogen-bond acceptors (Lipinski definition) is 11. The summed E-state index contributed by atoms with van der Waals surface area (Å²) in [6.07, 6.45) is -10.9. The molecule has 2 aliphatic rings. The van der Waals surface area contributed by atoms with Crippen molar-refractivity contribution in [1.82, 2.24) is 0 Å². The van der Waals surface area contributed by atoms with Crippen LogP contribution in [0.2, 0.25) is 0 Å². The van der Waals surface area contributed by atoms with Gasteiger partial charge in [-0.2, -0.15) is 0 Å². The molecule has 11 nitrogen and oxygen atoms in total. The van der Waals surface area contributed by atoms with E-state index in [2.05, 4.69) is 0 Å². The molecule has 31 heavy (non-hydrogen) atoms. The lowest BCUT2D eigenvalue weighted by molar-refractivity contribution is -0.304. The van der Waals surface area contributed by atoms with Crippen LogP contribution in [0.5, 0.6) is 5.75 Å². The van der Waals surface area contributed by atoms with Crippen LogP contribution in [0.15, 0.2) is 24.3 Å². The van der Waals surface area contributed by atoms with Crippen molar-refractivity contribution in [3.05, 3.63) is 29.8 Å². The van der Waals surface area contributed by atoms with Crippen molar-refractivity contribution < 1.29 is 54.7 Å². The van der Waals surface area contributed by atoms with Crippen LogP contribution in [0.3, 0.4) is 0 Å².